The summed E-state index contributed by atoms with van der Waals surface area (Å²) in [5.74, 6) is 0. The van der Waals surface area contributed by atoms with E-state index < -0.39 is 0 Å². The standard InChI is InChI=1S/C14H25I/c1-2-3-4-5-6-7-8-9-10-11-12-13-14-15/h3-6H,2,7-14H2,1H3. The van der Waals surface area contributed by atoms with Gasteiger partial charge in [-0.1, -0.05) is 79.5 Å². The topological polar surface area (TPSA) is 0 Å². The molecule has 0 unspecified atom stereocenters. The highest BCUT2D eigenvalue weighted by Gasteiger charge is 1.89. The summed E-state index contributed by atoms with van der Waals surface area (Å²) in [4.78, 5) is 0. The molecular weight excluding hydrogens is 295 g/mol. The van der Waals surface area contributed by atoms with Crippen LogP contribution in [-0.4, -0.2) is 4.43 Å². The fourth-order valence-electron chi connectivity index (χ4n) is 1.45. The molecule has 0 aliphatic rings. The molecule has 0 aromatic heterocycles. The zero-order valence-electron chi connectivity index (χ0n) is 10.1. The molecule has 0 nitrogen and oxygen atoms in total. The SMILES string of the molecule is CCC=CC=CCCCCCCCCI. The summed E-state index contributed by atoms with van der Waals surface area (Å²) < 4.78 is 1.32. The Morgan fingerprint density at radius 3 is 2.07 bits per heavy atom. The third-order valence-electron chi connectivity index (χ3n) is 2.37. The third-order valence-corrected chi connectivity index (χ3v) is 3.14. The van der Waals surface area contributed by atoms with Crippen LogP contribution in [0.15, 0.2) is 24.3 Å². The average molecular weight is 320 g/mol. The molecule has 0 saturated heterocycles. The van der Waals surface area contributed by atoms with Crippen molar-refractivity contribution in [2.24, 2.45) is 0 Å². The molecule has 0 N–H and O–H groups in total. The van der Waals surface area contributed by atoms with Gasteiger partial charge in [-0.15, -0.1) is 0 Å². The van der Waals surface area contributed by atoms with Gasteiger partial charge in [-0.05, 0) is 30.1 Å². The van der Waals surface area contributed by atoms with Crippen LogP contribution in [0.25, 0.3) is 0 Å². The zero-order chi connectivity index (χ0) is 11.2. The lowest BCUT2D eigenvalue weighted by atomic mass is 10.1. The molecule has 88 valence electrons. The quantitative estimate of drug-likeness (QED) is 0.210. The van der Waals surface area contributed by atoms with E-state index >= 15 is 0 Å². The Hall–Kier alpha value is 0.210. The second-order valence-corrected chi connectivity index (χ2v) is 4.94. The Bertz CT molecular complexity index is 159. The first-order valence-electron chi connectivity index (χ1n) is 6.29. The molecule has 0 saturated carbocycles. The minimum Gasteiger partial charge on any atom is -0.0864 e. The van der Waals surface area contributed by atoms with E-state index in [2.05, 4.69) is 53.8 Å². The van der Waals surface area contributed by atoms with E-state index in [1.807, 2.05) is 0 Å². The van der Waals surface area contributed by atoms with Crippen molar-refractivity contribution in [2.45, 2.75) is 58.3 Å². The van der Waals surface area contributed by atoms with E-state index in [9.17, 15) is 0 Å². The first-order valence-corrected chi connectivity index (χ1v) is 7.82. The molecule has 0 aromatic rings. The van der Waals surface area contributed by atoms with Gasteiger partial charge >= 0.3 is 0 Å². The molecule has 0 atom stereocenters. The summed E-state index contributed by atoms with van der Waals surface area (Å²) in [5.41, 5.74) is 0. The predicted molar refractivity (Wildman–Crippen MR) is 79.8 cm³/mol. The molecule has 0 amide bonds. The minimum atomic E-state index is 1.14. The maximum atomic E-state index is 2.46. The lowest BCUT2D eigenvalue weighted by Gasteiger charge is -1.98. The van der Waals surface area contributed by atoms with Crippen LogP contribution in [0.2, 0.25) is 0 Å². The monoisotopic (exact) mass is 320 g/mol. The van der Waals surface area contributed by atoms with Crippen molar-refractivity contribution in [2.75, 3.05) is 4.43 Å². The number of halogens is 1. The van der Waals surface area contributed by atoms with Gasteiger partial charge in [0.2, 0.25) is 0 Å². The van der Waals surface area contributed by atoms with E-state index in [4.69, 9.17) is 0 Å². The molecule has 0 aliphatic heterocycles. The number of rotatable bonds is 10. The zero-order valence-corrected chi connectivity index (χ0v) is 12.2. The summed E-state index contributed by atoms with van der Waals surface area (Å²) in [7, 11) is 0. The van der Waals surface area contributed by atoms with E-state index in [-0.39, 0.29) is 0 Å². The van der Waals surface area contributed by atoms with Crippen LogP contribution < -0.4 is 0 Å². The Balaban J connectivity index is 3.04. The second kappa shape index (κ2) is 14.2. The van der Waals surface area contributed by atoms with Crippen molar-refractivity contribution in [1.82, 2.24) is 0 Å². The van der Waals surface area contributed by atoms with Crippen molar-refractivity contribution in [3.63, 3.8) is 0 Å². The minimum absolute atomic E-state index is 1.14. The van der Waals surface area contributed by atoms with Gasteiger partial charge < -0.3 is 0 Å². The fourth-order valence-corrected chi connectivity index (χ4v) is 1.99. The van der Waals surface area contributed by atoms with Crippen LogP contribution >= 0.6 is 22.6 Å². The summed E-state index contributed by atoms with van der Waals surface area (Å²) in [6.07, 6.45) is 19.7. The predicted octanol–water partition coefficient (Wildman–Crippen LogP) is 5.67. The third kappa shape index (κ3) is 14.2. The Labute approximate surface area is 109 Å². The van der Waals surface area contributed by atoms with Crippen molar-refractivity contribution in [3.8, 4) is 0 Å². The van der Waals surface area contributed by atoms with Crippen molar-refractivity contribution in [1.29, 1.82) is 0 Å². The number of allylic oxidation sites excluding steroid dienone is 4. The first-order chi connectivity index (χ1) is 7.41. The maximum Gasteiger partial charge on any atom is -0.000473 e. The Morgan fingerprint density at radius 2 is 1.40 bits per heavy atom. The molecule has 0 heterocycles. The normalized spacial score (nSPS) is 11.9. The molecule has 0 aliphatic carbocycles. The molecule has 0 spiro atoms. The molecule has 0 rings (SSSR count). The lowest BCUT2D eigenvalue weighted by molar-refractivity contribution is 0.614. The summed E-state index contributed by atoms with van der Waals surface area (Å²) in [6.45, 7) is 2.17. The molecule has 0 radical (unpaired) electrons. The molecular formula is C14H25I. The summed E-state index contributed by atoms with van der Waals surface area (Å²) in [5, 5.41) is 0. The first kappa shape index (κ1) is 15.2. The van der Waals surface area contributed by atoms with Gasteiger partial charge in [0.05, 0.1) is 0 Å². The largest absolute Gasteiger partial charge is 0.0864 e. The van der Waals surface area contributed by atoms with Gasteiger partial charge in [0.25, 0.3) is 0 Å². The number of unbranched alkanes of at least 4 members (excludes halogenated alkanes) is 6. The van der Waals surface area contributed by atoms with Crippen LogP contribution in [0.1, 0.15) is 58.3 Å². The maximum absolute atomic E-state index is 2.46. The Kier molecular flexibility index (Phi) is 14.4. The van der Waals surface area contributed by atoms with Crippen molar-refractivity contribution >= 4 is 22.6 Å². The number of alkyl halides is 1. The molecule has 1 heteroatoms. The smallest absolute Gasteiger partial charge is 0.000473 e. The molecule has 0 bridgehead atoms. The van der Waals surface area contributed by atoms with Crippen LogP contribution in [-0.2, 0) is 0 Å². The van der Waals surface area contributed by atoms with Crippen molar-refractivity contribution in [3.05, 3.63) is 24.3 Å². The van der Waals surface area contributed by atoms with Gasteiger partial charge in [-0.25, -0.2) is 0 Å². The second-order valence-electron chi connectivity index (χ2n) is 3.86. The van der Waals surface area contributed by atoms with Gasteiger partial charge in [0, 0.05) is 0 Å². The highest BCUT2D eigenvalue weighted by atomic mass is 127. The van der Waals surface area contributed by atoms with Crippen LogP contribution in [0, 0.1) is 0 Å². The van der Waals surface area contributed by atoms with Crippen LogP contribution in [0.3, 0.4) is 0 Å². The van der Waals surface area contributed by atoms with E-state index in [1.54, 1.807) is 0 Å². The molecule has 15 heavy (non-hydrogen) atoms. The highest BCUT2D eigenvalue weighted by molar-refractivity contribution is 14.1. The fraction of sp³-hybridized carbons (Fsp3) is 0.714. The van der Waals surface area contributed by atoms with Gasteiger partial charge in [0.15, 0.2) is 0 Å². The lowest BCUT2D eigenvalue weighted by Crippen LogP contribution is -1.79. The van der Waals surface area contributed by atoms with Crippen molar-refractivity contribution < 1.29 is 0 Å². The number of hydrogen-bond acceptors (Lipinski definition) is 0. The molecule has 0 fully saturated rings. The van der Waals surface area contributed by atoms with Gasteiger partial charge in [0.1, 0.15) is 0 Å². The average Bonchev–Trinajstić information content (AvgIpc) is 2.26. The van der Waals surface area contributed by atoms with Crippen LogP contribution in [0.4, 0.5) is 0 Å². The van der Waals surface area contributed by atoms with Gasteiger partial charge in [-0.3, -0.25) is 0 Å². The summed E-state index contributed by atoms with van der Waals surface area (Å²) >= 11 is 2.46. The van der Waals surface area contributed by atoms with Crippen LogP contribution in [0.5, 0.6) is 0 Å². The number of hydrogen-bond donors (Lipinski definition) is 0. The van der Waals surface area contributed by atoms with E-state index in [0.29, 0.717) is 0 Å². The summed E-state index contributed by atoms with van der Waals surface area (Å²) in [6, 6.07) is 0. The highest BCUT2D eigenvalue weighted by Crippen LogP contribution is 2.08. The Morgan fingerprint density at radius 1 is 0.800 bits per heavy atom. The molecule has 0 aromatic carbocycles. The van der Waals surface area contributed by atoms with Gasteiger partial charge in [-0.2, -0.15) is 0 Å². The van der Waals surface area contributed by atoms with E-state index in [0.717, 1.165) is 6.42 Å². The van der Waals surface area contributed by atoms with E-state index in [1.165, 1.54) is 49.4 Å².